The minimum atomic E-state index is -4.49. The molecule has 0 spiro atoms. The zero-order valence-corrected chi connectivity index (χ0v) is 12.4. The molecule has 0 amide bonds. The predicted molar refractivity (Wildman–Crippen MR) is 76.6 cm³/mol. The number of hydrogen-bond donors (Lipinski definition) is 1. The number of benzene rings is 2. The van der Waals surface area contributed by atoms with Crippen LogP contribution in [0, 0.1) is 11.3 Å². The number of hydrogen-bond acceptors (Lipinski definition) is 3. The van der Waals surface area contributed by atoms with Gasteiger partial charge in [-0.25, -0.2) is 13.1 Å². The Morgan fingerprint density at radius 2 is 1.78 bits per heavy atom. The lowest BCUT2D eigenvalue weighted by molar-refractivity contribution is -0.137. The highest BCUT2D eigenvalue weighted by Crippen LogP contribution is 2.29. The fourth-order valence-electron chi connectivity index (χ4n) is 1.85. The number of nitriles is 1. The van der Waals surface area contributed by atoms with Gasteiger partial charge >= 0.3 is 6.18 Å². The second-order valence-corrected chi connectivity index (χ2v) is 6.43. The molecule has 0 bridgehead atoms. The van der Waals surface area contributed by atoms with E-state index in [1.54, 1.807) is 0 Å². The van der Waals surface area contributed by atoms with Crippen molar-refractivity contribution in [1.82, 2.24) is 4.72 Å². The quantitative estimate of drug-likeness (QED) is 0.930. The number of nitrogens with one attached hydrogen (secondary N) is 1. The van der Waals surface area contributed by atoms with Crippen LogP contribution in [0.15, 0.2) is 53.4 Å². The second kappa shape index (κ2) is 6.40. The van der Waals surface area contributed by atoms with Crippen molar-refractivity contribution in [2.75, 3.05) is 0 Å². The first-order valence-electron chi connectivity index (χ1n) is 6.38. The maximum absolute atomic E-state index is 12.6. The van der Waals surface area contributed by atoms with Crippen LogP contribution in [0.5, 0.6) is 0 Å². The van der Waals surface area contributed by atoms with Crippen LogP contribution in [-0.2, 0) is 22.7 Å². The summed E-state index contributed by atoms with van der Waals surface area (Å²) in [6, 6.07) is 11.6. The van der Waals surface area contributed by atoms with E-state index in [2.05, 4.69) is 4.72 Å². The smallest absolute Gasteiger partial charge is 0.207 e. The molecule has 0 unspecified atom stereocenters. The molecule has 0 fully saturated rings. The maximum atomic E-state index is 12.6. The number of alkyl halides is 3. The average Bonchev–Trinajstić information content (AvgIpc) is 2.52. The lowest BCUT2D eigenvalue weighted by atomic mass is 10.1. The molecular formula is C15H11F3N2O2S. The van der Waals surface area contributed by atoms with Crippen molar-refractivity contribution in [2.45, 2.75) is 17.6 Å². The number of rotatable bonds is 4. The molecule has 0 saturated heterocycles. The number of sulfonamides is 1. The lowest BCUT2D eigenvalue weighted by Gasteiger charge is -2.10. The molecular weight excluding hydrogens is 329 g/mol. The molecule has 0 atom stereocenters. The molecule has 8 heteroatoms. The molecule has 120 valence electrons. The van der Waals surface area contributed by atoms with Crippen molar-refractivity contribution in [3.05, 3.63) is 65.2 Å². The summed E-state index contributed by atoms with van der Waals surface area (Å²) in [7, 11) is -3.92. The summed E-state index contributed by atoms with van der Waals surface area (Å²) in [4.78, 5) is -0.122. The Kier molecular flexibility index (Phi) is 4.73. The van der Waals surface area contributed by atoms with Gasteiger partial charge in [0.25, 0.3) is 0 Å². The zero-order chi connectivity index (χ0) is 17.1. The van der Waals surface area contributed by atoms with Crippen molar-refractivity contribution in [3.8, 4) is 6.07 Å². The van der Waals surface area contributed by atoms with Gasteiger partial charge in [0.1, 0.15) is 0 Å². The average molecular weight is 340 g/mol. The Hall–Kier alpha value is -2.37. The summed E-state index contributed by atoms with van der Waals surface area (Å²) in [5, 5.41) is 8.77. The normalized spacial score (nSPS) is 11.9. The Balaban J connectivity index is 2.18. The van der Waals surface area contributed by atoms with Gasteiger partial charge in [-0.15, -0.1) is 0 Å². The van der Waals surface area contributed by atoms with Gasteiger partial charge in [-0.05, 0) is 29.8 Å². The van der Waals surface area contributed by atoms with Gasteiger partial charge < -0.3 is 0 Å². The minimum absolute atomic E-state index is 0.122. The van der Waals surface area contributed by atoms with Gasteiger partial charge in [-0.2, -0.15) is 18.4 Å². The van der Waals surface area contributed by atoms with Crippen molar-refractivity contribution in [1.29, 1.82) is 5.26 Å². The Morgan fingerprint density at radius 1 is 1.09 bits per heavy atom. The third-order valence-corrected chi connectivity index (χ3v) is 4.39. The van der Waals surface area contributed by atoms with Crippen LogP contribution in [0.1, 0.15) is 16.7 Å². The van der Waals surface area contributed by atoms with Gasteiger partial charge in [0.15, 0.2) is 0 Å². The van der Waals surface area contributed by atoms with Crippen molar-refractivity contribution < 1.29 is 21.6 Å². The highest BCUT2D eigenvalue weighted by molar-refractivity contribution is 7.89. The van der Waals surface area contributed by atoms with E-state index < -0.39 is 21.8 Å². The molecule has 0 aromatic heterocycles. The maximum Gasteiger partial charge on any atom is 0.416 e. The van der Waals surface area contributed by atoms with Gasteiger partial charge in [0.05, 0.1) is 22.1 Å². The monoisotopic (exact) mass is 340 g/mol. The Morgan fingerprint density at radius 3 is 2.43 bits per heavy atom. The Bertz CT molecular complexity index is 856. The minimum Gasteiger partial charge on any atom is -0.207 e. The molecule has 0 radical (unpaired) electrons. The third-order valence-electron chi connectivity index (χ3n) is 2.99. The topological polar surface area (TPSA) is 70.0 Å². The molecule has 0 aliphatic heterocycles. The summed E-state index contributed by atoms with van der Waals surface area (Å²) in [5.74, 6) is 0. The first kappa shape index (κ1) is 17.0. The van der Waals surface area contributed by atoms with Crippen LogP contribution >= 0.6 is 0 Å². The van der Waals surface area contributed by atoms with E-state index in [-0.39, 0.29) is 22.6 Å². The van der Waals surface area contributed by atoms with Crippen molar-refractivity contribution in [2.24, 2.45) is 0 Å². The molecule has 0 aliphatic rings. The van der Waals surface area contributed by atoms with Crippen molar-refractivity contribution in [3.63, 3.8) is 0 Å². The molecule has 0 saturated carbocycles. The van der Waals surface area contributed by atoms with Crippen LogP contribution in [0.3, 0.4) is 0 Å². The Labute approximate surface area is 131 Å². The number of nitrogens with zero attached hydrogens (tertiary/aromatic N) is 1. The van der Waals surface area contributed by atoms with Gasteiger partial charge in [0.2, 0.25) is 10.0 Å². The van der Waals surface area contributed by atoms with Gasteiger partial charge in [0, 0.05) is 6.54 Å². The highest BCUT2D eigenvalue weighted by atomic mass is 32.2. The summed E-state index contributed by atoms with van der Waals surface area (Å²) < 4.78 is 64.3. The molecule has 23 heavy (non-hydrogen) atoms. The molecule has 0 heterocycles. The zero-order valence-electron chi connectivity index (χ0n) is 11.6. The van der Waals surface area contributed by atoms with Crippen LogP contribution in [0.2, 0.25) is 0 Å². The van der Waals surface area contributed by atoms with Crippen LogP contribution in [0.25, 0.3) is 0 Å². The molecule has 4 nitrogen and oxygen atoms in total. The van der Waals surface area contributed by atoms with E-state index in [0.29, 0.717) is 0 Å². The fraction of sp³-hybridized carbons (Fsp3) is 0.133. The first-order chi connectivity index (χ1) is 10.7. The second-order valence-electron chi connectivity index (χ2n) is 4.66. The van der Waals surface area contributed by atoms with Gasteiger partial charge in [-0.3, -0.25) is 0 Å². The largest absolute Gasteiger partial charge is 0.416 e. The SMILES string of the molecule is N#Cc1cccc(S(=O)(=O)NCc2cccc(C(F)(F)F)c2)c1. The summed E-state index contributed by atoms with van der Waals surface area (Å²) in [6.45, 7) is -0.289. The first-order valence-corrected chi connectivity index (χ1v) is 7.87. The molecule has 1 N–H and O–H groups in total. The number of halogens is 3. The van der Waals surface area contributed by atoms with E-state index in [4.69, 9.17) is 5.26 Å². The summed E-state index contributed by atoms with van der Waals surface area (Å²) in [5.41, 5.74) is -0.493. The molecule has 0 aliphatic carbocycles. The summed E-state index contributed by atoms with van der Waals surface area (Å²) >= 11 is 0. The van der Waals surface area contributed by atoms with E-state index >= 15 is 0 Å². The van der Waals surface area contributed by atoms with E-state index in [1.807, 2.05) is 6.07 Å². The fourth-order valence-corrected chi connectivity index (χ4v) is 2.92. The van der Waals surface area contributed by atoms with Crippen molar-refractivity contribution >= 4 is 10.0 Å². The molecule has 2 aromatic carbocycles. The lowest BCUT2D eigenvalue weighted by Crippen LogP contribution is -2.23. The standard InChI is InChI=1S/C15H11F3N2O2S/c16-15(17,18)13-5-1-4-12(7-13)10-20-23(21,22)14-6-2-3-11(8-14)9-19/h1-8,20H,10H2. The van der Waals surface area contributed by atoms with E-state index in [1.165, 1.54) is 36.4 Å². The van der Waals surface area contributed by atoms with Gasteiger partial charge in [-0.1, -0.05) is 24.3 Å². The van der Waals surface area contributed by atoms with Crippen LogP contribution in [0.4, 0.5) is 13.2 Å². The third kappa shape index (κ3) is 4.31. The van der Waals surface area contributed by atoms with Crippen LogP contribution < -0.4 is 4.72 Å². The van der Waals surface area contributed by atoms with E-state index in [9.17, 15) is 21.6 Å². The molecule has 2 rings (SSSR count). The van der Waals surface area contributed by atoms with Crippen LogP contribution in [-0.4, -0.2) is 8.42 Å². The molecule has 2 aromatic rings. The predicted octanol–water partition coefficient (Wildman–Crippen LogP) is 3.06. The highest BCUT2D eigenvalue weighted by Gasteiger charge is 2.30. The van der Waals surface area contributed by atoms with E-state index in [0.717, 1.165) is 12.1 Å². The summed E-state index contributed by atoms with van der Waals surface area (Å²) in [6.07, 6.45) is -4.49.